The first-order chi connectivity index (χ1) is 12.1. The van der Waals surface area contributed by atoms with Crippen molar-refractivity contribution in [2.75, 3.05) is 6.61 Å². The molecule has 9 nitrogen and oxygen atoms in total. The van der Waals surface area contributed by atoms with Gasteiger partial charge in [-0.2, -0.15) is 0 Å². The van der Waals surface area contributed by atoms with Crippen LogP contribution in [0, 0.1) is 0 Å². The van der Waals surface area contributed by atoms with E-state index in [1.165, 1.54) is 24.3 Å². The molecule has 2 rings (SSSR count). The molecule has 0 bridgehead atoms. The molecule has 0 unspecified atom stereocenters. The number of hydrogen-bond donors (Lipinski definition) is 0. The fraction of sp³-hybridized carbons (Fsp3) is 0.125. The number of Topliss-reactive ketones (excluding diaryl/α,β-unsaturated/α-hetero) is 1. The van der Waals surface area contributed by atoms with Gasteiger partial charge >= 0.3 is 5.97 Å². The predicted molar refractivity (Wildman–Crippen MR) is 88.5 cm³/mol. The number of ether oxygens (including phenoxy) is 1. The molecule has 0 amide bonds. The van der Waals surface area contributed by atoms with Gasteiger partial charge in [-0.25, -0.2) is 4.79 Å². The van der Waals surface area contributed by atoms with Crippen molar-refractivity contribution >= 4 is 11.8 Å². The lowest BCUT2D eigenvalue weighted by Gasteiger charge is -2.21. The molecule has 0 aliphatic heterocycles. The van der Waals surface area contributed by atoms with Crippen molar-refractivity contribution in [1.82, 2.24) is 0 Å². The molecule has 2 aromatic rings. The minimum Gasteiger partial charge on any atom is -0.461 e. The molecule has 0 aliphatic carbocycles. The third kappa shape index (κ3) is 4.14. The Balaban J connectivity index is 2.32. The Kier molecular flexibility index (Phi) is 5.73. The quantitative estimate of drug-likeness (QED) is 0.247. The molecule has 25 heavy (non-hydrogen) atoms. The number of esters is 1. The highest BCUT2D eigenvalue weighted by molar-refractivity contribution is 6.03. The number of ketones is 1. The van der Waals surface area contributed by atoms with E-state index in [0.29, 0.717) is 0 Å². The summed E-state index contributed by atoms with van der Waals surface area (Å²) in [6.07, 6.45) is 0. The van der Waals surface area contributed by atoms with Gasteiger partial charge in [0.05, 0.1) is 5.56 Å². The van der Waals surface area contributed by atoms with Crippen molar-refractivity contribution in [3.63, 3.8) is 0 Å². The third-order valence-electron chi connectivity index (χ3n) is 3.23. The van der Waals surface area contributed by atoms with Crippen molar-refractivity contribution in [3.05, 3.63) is 92.7 Å². The maximum absolute atomic E-state index is 12.7. The summed E-state index contributed by atoms with van der Waals surface area (Å²) in [4.78, 5) is 29.9. The summed E-state index contributed by atoms with van der Waals surface area (Å²) in [5.74, 6) is -1.52. The molecule has 0 spiro atoms. The van der Waals surface area contributed by atoms with Gasteiger partial charge in [0, 0.05) is 15.4 Å². The van der Waals surface area contributed by atoms with Crippen LogP contribution in [0.5, 0.6) is 0 Å². The molecular formula is C16H12N6O3. The second-order valence-electron chi connectivity index (χ2n) is 4.83. The van der Waals surface area contributed by atoms with Crippen molar-refractivity contribution < 1.29 is 14.3 Å². The molecule has 0 N–H and O–H groups in total. The summed E-state index contributed by atoms with van der Waals surface area (Å²) in [5, 5.41) is 6.64. The number of azide groups is 1. The van der Waals surface area contributed by atoms with E-state index in [1.807, 2.05) is 0 Å². The van der Waals surface area contributed by atoms with Crippen LogP contribution in [0.3, 0.4) is 0 Å². The van der Waals surface area contributed by atoms with Crippen molar-refractivity contribution in [2.24, 2.45) is 10.2 Å². The van der Waals surface area contributed by atoms with E-state index in [4.69, 9.17) is 15.8 Å². The van der Waals surface area contributed by atoms with Crippen LogP contribution >= 0.6 is 0 Å². The number of rotatable bonds is 7. The van der Waals surface area contributed by atoms with Gasteiger partial charge in [-0.05, 0) is 23.2 Å². The van der Waals surface area contributed by atoms with Crippen LogP contribution in [0.4, 0.5) is 0 Å². The summed E-state index contributed by atoms with van der Waals surface area (Å²) < 4.78 is 5.05. The maximum Gasteiger partial charge on any atom is 0.338 e. The Morgan fingerprint density at radius 3 is 1.84 bits per heavy atom. The Hall–Kier alpha value is -3.80. The molecule has 0 fully saturated rings. The standard InChI is InChI=1S/C16H12N6O3/c17-21-19-16(20-22-18,14(23)12-7-3-1-4-8-12)11-25-15(24)13-9-5-2-6-10-13/h1-10H,11H2. The summed E-state index contributed by atoms with van der Waals surface area (Å²) in [6.45, 7) is -0.720. The average molecular weight is 336 g/mol. The molecule has 0 saturated carbocycles. The Morgan fingerprint density at radius 1 is 0.880 bits per heavy atom. The largest absolute Gasteiger partial charge is 0.461 e. The first-order valence-electron chi connectivity index (χ1n) is 7.07. The van der Waals surface area contributed by atoms with Crippen LogP contribution in [-0.2, 0) is 4.74 Å². The molecule has 0 aliphatic rings. The second-order valence-corrected chi connectivity index (χ2v) is 4.83. The van der Waals surface area contributed by atoms with Crippen LogP contribution < -0.4 is 0 Å². The van der Waals surface area contributed by atoms with E-state index in [-0.39, 0.29) is 11.1 Å². The summed E-state index contributed by atoms with van der Waals surface area (Å²) in [6, 6.07) is 15.9. The molecule has 2 aromatic carbocycles. The van der Waals surface area contributed by atoms with E-state index in [0.717, 1.165) is 0 Å². The molecule has 0 radical (unpaired) electrons. The number of carbonyl (C=O) groups excluding carboxylic acids is 2. The Labute approximate surface area is 142 Å². The molecular weight excluding hydrogens is 324 g/mol. The zero-order valence-electron chi connectivity index (χ0n) is 12.9. The summed E-state index contributed by atoms with van der Waals surface area (Å²) in [7, 11) is 0. The van der Waals surface area contributed by atoms with Gasteiger partial charge in [-0.3, -0.25) is 4.79 Å². The highest BCUT2D eigenvalue weighted by Crippen LogP contribution is 2.22. The van der Waals surface area contributed by atoms with Gasteiger partial charge < -0.3 is 4.74 Å². The number of hydrogen-bond acceptors (Lipinski definition) is 5. The number of carbonyl (C=O) groups is 2. The van der Waals surface area contributed by atoms with Gasteiger partial charge in [0.15, 0.2) is 5.78 Å². The van der Waals surface area contributed by atoms with E-state index in [2.05, 4.69) is 20.1 Å². The van der Waals surface area contributed by atoms with Gasteiger partial charge in [-0.15, -0.1) is 0 Å². The average Bonchev–Trinajstić information content (AvgIpc) is 2.67. The van der Waals surface area contributed by atoms with Crippen LogP contribution in [0.1, 0.15) is 20.7 Å². The second kappa shape index (κ2) is 8.16. The predicted octanol–water partition coefficient (Wildman–Crippen LogP) is 4.04. The van der Waals surface area contributed by atoms with Gasteiger partial charge in [0.25, 0.3) is 0 Å². The van der Waals surface area contributed by atoms with E-state index in [1.54, 1.807) is 36.4 Å². The van der Waals surface area contributed by atoms with Gasteiger partial charge in [-0.1, -0.05) is 58.8 Å². The molecule has 0 saturated heterocycles. The monoisotopic (exact) mass is 336 g/mol. The van der Waals surface area contributed by atoms with Gasteiger partial charge in [0.1, 0.15) is 6.61 Å². The molecule has 124 valence electrons. The SMILES string of the molecule is [N-]=[N+]=NC(COC(=O)c1ccccc1)(N=[N+]=[N-])C(=O)c1ccccc1. The molecule has 0 heterocycles. The zero-order chi connectivity index (χ0) is 18.1. The van der Waals surface area contributed by atoms with Crippen LogP contribution in [0.2, 0.25) is 0 Å². The van der Waals surface area contributed by atoms with E-state index < -0.39 is 24.0 Å². The number of benzene rings is 2. The lowest BCUT2D eigenvalue weighted by Crippen LogP contribution is -2.39. The van der Waals surface area contributed by atoms with Crippen molar-refractivity contribution in [3.8, 4) is 0 Å². The third-order valence-corrected chi connectivity index (χ3v) is 3.23. The first-order valence-corrected chi connectivity index (χ1v) is 7.07. The lowest BCUT2D eigenvalue weighted by atomic mass is 10.00. The Bertz CT molecular complexity index is 838. The topological polar surface area (TPSA) is 141 Å². The highest BCUT2D eigenvalue weighted by Gasteiger charge is 2.39. The fourth-order valence-corrected chi connectivity index (χ4v) is 2.03. The Morgan fingerprint density at radius 2 is 1.36 bits per heavy atom. The van der Waals surface area contributed by atoms with Crippen LogP contribution in [0.15, 0.2) is 70.9 Å². The number of nitrogens with zero attached hydrogens (tertiary/aromatic N) is 6. The van der Waals surface area contributed by atoms with Gasteiger partial charge in [0.2, 0.25) is 5.66 Å². The van der Waals surface area contributed by atoms with E-state index in [9.17, 15) is 9.59 Å². The molecule has 9 heteroatoms. The summed E-state index contributed by atoms with van der Waals surface area (Å²) >= 11 is 0. The minimum atomic E-state index is -2.24. The summed E-state index contributed by atoms with van der Waals surface area (Å²) in [5.41, 5.74) is 15.7. The normalized spacial score (nSPS) is 12.0. The maximum atomic E-state index is 12.7. The minimum absolute atomic E-state index is 0.151. The van der Waals surface area contributed by atoms with E-state index >= 15 is 0 Å². The van der Waals surface area contributed by atoms with Crippen molar-refractivity contribution in [1.29, 1.82) is 0 Å². The van der Waals surface area contributed by atoms with Crippen molar-refractivity contribution in [2.45, 2.75) is 5.66 Å². The molecule has 0 atom stereocenters. The van der Waals surface area contributed by atoms with Crippen LogP contribution in [0.25, 0.3) is 20.9 Å². The highest BCUT2D eigenvalue weighted by atomic mass is 16.5. The fourth-order valence-electron chi connectivity index (χ4n) is 2.03. The molecule has 0 aromatic heterocycles. The lowest BCUT2D eigenvalue weighted by molar-refractivity contribution is 0.0401. The smallest absolute Gasteiger partial charge is 0.338 e. The zero-order valence-corrected chi connectivity index (χ0v) is 12.9. The van der Waals surface area contributed by atoms with Crippen LogP contribution in [-0.4, -0.2) is 24.0 Å². The first kappa shape index (κ1) is 17.6.